The number of benzene rings is 1. The minimum Gasteiger partial charge on any atom is -0.450 e. The second kappa shape index (κ2) is 8.26. The first-order valence-electron chi connectivity index (χ1n) is 7.46. The molecule has 0 aromatic heterocycles. The van der Waals surface area contributed by atoms with E-state index in [0.29, 0.717) is 23.9 Å². The number of rotatable bonds is 5. The smallest absolute Gasteiger partial charge is 0.411 e. The molecule has 1 rings (SSSR count). The molecule has 6 nitrogen and oxygen atoms in total. The Morgan fingerprint density at radius 3 is 2.27 bits per heavy atom. The van der Waals surface area contributed by atoms with Gasteiger partial charge < -0.3 is 15.4 Å². The summed E-state index contributed by atoms with van der Waals surface area (Å²) in [5.41, 5.74) is 2.01. The molecule has 1 aromatic rings. The van der Waals surface area contributed by atoms with E-state index in [4.69, 9.17) is 4.74 Å². The van der Waals surface area contributed by atoms with E-state index >= 15 is 0 Å². The molecule has 0 heterocycles. The van der Waals surface area contributed by atoms with Gasteiger partial charge in [0.25, 0.3) is 0 Å². The molecule has 0 saturated carbocycles. The Kier molecular flexibility index (Phi) is 6.69. The molecule has 1 aromatic carbocycles. The zero-order chi connectivity index (χ0) is 16.7. The average molecular weight is 307 g/mol. The van der Waals surface area contributed by atoms with E-state index < -0.39 is 6.09 Å². The van der Waals surface area contributed by atoms with Crippen molar-refractivity contribution in [2.75, 3.05) is 17.2 Å². The Hall–Kier alpha value is -2.24. The van der Waals surface area contributed by atoms with Crippen LogP contribution in [0, 0.1) is 12.8 Å². The van der Waals surface area contributed by atoms with E-state index in [1.165, 1.54) is 0 Å². The number of hydrogen-bond donors (Lipinski definition) is 3. The van der Waals surface area contributed by atoms with Gasteiger partial charge in [0.05, 0.1) is 6.61 Å². The summed E-state index contributed by atoms with van der Waals surface area (Å²) in [6, 6.07) is 5.10. The largest absolute Gasteiger partial charge is 0.450 e. The number of amides is 3. The maximum atomic E-state index is 12.0. The van der Waals surface area contributed by atoms with Gasteiger partial charge in [-0.1, -0.05) is 19.9 Å². The summed E-state index contributed by atoms with van der Waals surface area (Å²) < 4.78 is 4.85. The predicted molar refractivity (Wildman–Crippen MR) is 88.3 cm³/mol. The van der Waals surface area contributed by atoms with Gasteiger partial charge in [0.15, 0.2) is 0 Å². The van der Waals surface area contributed by atoms with Crippen LogP contribution >= 0.6 is 0 Å². The van der Waals surface area contributed by atoms with Crippen molar-refractivity contribution in [3.05, 3.63) is 23.8 Å². The van der Waals surface area contributed by atoms with Crippen LogP contribution in [0.1, 0.15) is 33.3 Å². The van der Waals surface area contributed by atoms with Crippen molar-refractivity contribution >= 4 is 23.5 Å². The Balaban J connectivity index is 2.76. The van der Waals surface area contributed by atoms with Gasteiger partial charge in [-0.15, -0.1) is 0 Å². The molecule has 0 aliphatic carbocycles. The standard InChI is InChI=1S/C16H25N3O3/c1-6-22-16(21)19-14-9-7-8-13(11(14)4)18-15(20)17-12(5)10(2)3/h7-10,12H,6H2,1-5H3,(H,19,21)(H2,17,18,20). The SMILES string of the molecule is CCOC(=O)Nc1cccc(NC(=O)NC(C)C(C)C)c1C. The minimum absolute atomic E-state index is 0.0705. The van der Waals surface area contributed by atoms with E-state index in [9.17, 15) is 9.59 Å². The van der Waals surface area contributed by atoms with Crippen LogP contribution in [0.15, 0.2) is 18.2 Å². The van der Waals surface area contributed by atoms with Crippen molar-refractivity contribution < 1.29 is 14.3 Å². The number of anilines is 2. The molecule has 1 atom stereocenters. The van der Waals surface area contributed by atoms with E-state index in [1.807, 2.05) is 27.7 Å². The summed E-state index contributed by atoms with van der Waals surface area (Å²) in [5, 5.41) is 8.32. The number of nitrogens with one attached hydrogen (secondary N) is 3. The lowest BCUT2D eigenvalue weighted by Crippen LogP contribution is -2.39. The van der Waals surface area contributed by atoms with Crippen LogP contribution in [0.25, 0.3) is 0 Å². The fourth-order valence-electron chi connectivity index (χ4n) is 1.72. The lowest BCUT2D eigenvalue weighted by Gasteiger charge is -2.19. The molecule has 0 aliphatic heterocycles. The lowest BCUT2D eigenvalue weighted by molar-refractivity contribution is 0.168. The van der Waals surface area contributed by atoms with E-state index in [1.54, 1.807) is 25.1 Å². The third kappa shape index (κ3) is 5.27. The molecule has 0 spiro atoms. The molecule has 3 amide bonds. The highest BCUT2D eigenvalue weighted by Crippen LogP contribution is 2.23. The Bertz CT molecular complexity index is 529. The van der Waals surface area contributed by atoms with Crippen molar-refractivity contribution in [3.63, 3.8) is 0 Å². The normalized spacial score (nSPS) is 11.7. The van der Waals surface area contributed by atoms with E-state index in [2.05, 4.69) is 16.0 Å². The van der Waals surface area contributed by atoms with Gasteiger partial charge in [-0.25, -0.2) is 9.59 Å². The molecule has 6 heteroatoms. The third-order valence-electron chi connectivity index (χ3n) is 3.45. The Morgan fingerprint density at radius 2 is 1.73 bits per heavy atom. The molecule has 122 valence electrons. The van der Waals surface area contributed by atoms with Crippen LogP contribution in [0.5, 0.6) is 0 Å². The highest BCUT2D eigenvalue weighted by Gasteiger charge is 2.13. The third-order valence-corrected chi connectivity index (χ3v) is 3.45. The molecule has 0 radical (unpaired) electrons. The van der Waals surface area contributed by atoms with Crippen molar-refractivity contribution in [2.24, 2.45) is 5.92 Å². The summed E-state index contributed by atoms with van der Waals surface area (Å²) in [7, 11) is 0. The number of hydrogen-bond acceptors (Lipinski definition) is 3. The summed E-state index contributed by atoms with van der Waals surface area (Å²) >= 11 is 0. The fourth-order valence-corrected chi connectivity index (χ4v) is 1.72. The van der Waals surface area contributed by atoms with Gasteiger partial charge in [-0.05, 0) is 44.4 Å². The first-order chi connectivity index (χ1) is 10.3. The second-order valence-corrected chi connectivity index (χ2v) is 5.45. The van der Waals surface area contributed by atoms with Crippen LogP contribution < -0.4 is 16.0 Å². The first kappa shape index (κ1) is 17.8. The molecule has 0 fully saturated rings. The predicted octanol–water partition coefficient (Wildman–Crippen LogP) is 3.73. The lowest BCUT2D eigenvalue weighted by atomic mass is 10.1. The van der Waals surface area contributed by atoms with Crippen LogP contribution in [-0.2, 0) is 4.74 Å². The van der Waals surface area contributed by atoms with Gasteiger partial charge in [-0.2, -0.15) is 0 Å². The quantitative estimate of drug-likeness (QED) is 0.775. The zero-order valence-corrected chi connectivity index (χ0v) is 13.8. The molecule has 0 saturated heterocycles. The summed E-state index contributed by atoms with van der Waals surface area (Å²) in [6.45, 7) is 9.90. The molecule has 1 unspecified atom stereocenters. The summed E-state index contributed by atoms with van der Waals surface area (Å²) in [5.74, 6) is 0.351. The van der Waals surface area contributed by atoms with Crippen LogP contribution in [0.2, 0.25) is 0 Å². The molecule has 22 heavy (non-hydrogen) atoms. The van der Waals surface area contributed by atoms with E-state index in [-0.39, 0.29) is 12.1 Å². The monoisotopic (exact) mass is 307 g/mol. The number of ether oxygens (including phenoxy) is 1. The van der Waals surface area contributed by atoms with Gasteiger partial charge in [-0.3, -0.25) is 5.32 Å². The van der Waals surface area contributed by atoms with Gasteiger partial charge in [0, 0.05) is 17.4 Å². The van der Waals surface area contributed by atoms with Crippen molar-refractivity contribution in [3.8, 4) is 0 Å². The minimum atomic E-state index is -0.513. The summed E-state index contributed by atoms with van der Waals surface area (Å²) in [4.78, 5) is 23.5. The highest BCUT2D eigenvalue weighted by atomic mass is 16.5. The van der Waals surface area contributed by atoms with Crippen LogP contribution in [0.4, 0.5) is 21.0 Å². The van der Waals surface area contributed by atoms with Gasteiger partial charge in [0.2, 0.25) is 0 Å². The molecule has 0 bridgehead atoms. The molecule has 3 N–H and O–H groups in total. The van der Waals surface area contributed by atoms with E-state index in [0.717, 1.165) is 5.56 Å². The first-order valence-corrected chi connectivity index (χ1v) is 7.46. The second-order valence-electron chi connectivity index (χ2n) is 5.45. The number of carbonyl (C=O) groups excluding carboxylic acids is 2. The van der Waals surface area contributed by atoms with Crippen molar-refractivity contribution in [1.29, 1.82) is 0 Å². The van der Waals surface area contributed by atoms with Crippen molar-refractivity contribution in [2.45, 2.75) is 40.7 Å². The average Bonchev–Trinajstić information content (AvgIpc) is 2.43. The topological polar surface area (TPSA) is 79.5 Å². The Morgan fingerprint density at radius 1 is 1.14 bits per heavy atom. The van der Waals surface area contributed by atoms with Crippen LogP contribution in [0.3, 0.4) is 0 Å². The van der Waals surface area contributed by atoms with Crippen molar-refractivity contribution in [1.82, 2.24) is 5.32 Å². The number of carbonyl (C=O) groups is 2. The molecule has 0 aliphatic rings. The Labute approximate surface area is 131 Å². The summed E-state index contributed by atoms with van der Waals surface area (Å²) in [6.07, 6.45) is -0.513. The van der Waals surface area contributed by atoms with Gasteiger partial charge in [0.1, 0.15) is 0 Å². The fraction of sp³-hybridized carbons (Fsp3) is 0.500. The van der Waals surface area contributed by atoms with Crippen LogP contribution in [-0.4, -0.2) is 24.8 Å². The van der Waals surface area contributed by atoms with Gasteiger partial charge >= 0.3 is 12.1 Å². The number of urea groups is 1. The molecular formula is C16H25N3O3. The molecular weight excluding hydrogens is 282 g/mol. The zero-order valence-electron chi connectivity index (χ0n) is 13.8. The maximum Gasteiger partial charge on any atom is 0.411 e. The highest BCUT2D eigenvalue weighted by molar-refractivity contribution is 5.93. The maximum absolute atomic E-state index is 12.0.